The number of carbonyl (C=O) groups excluding carboxylic acids is 2. The summed E-state index contributed by atoms with van der Waals surface area (Å²) in [5.41, 5.74) is 0. The molecule has 0 aliphatic heterocycles. The van der Waals surface area contributed by atoms with Gasteiger partial charge in [-0.2, -0.15) is 0 Å². The minimum absolute atomic E-state index is 0.0605. The van der Waals surface area contributed by atoms with Crippen LogP contribution < -0.4 is 0 Å². The highest BCUT2D eigenvalue weighted by atomic mass is 16.6. The van der Waals surface area contributed by atoms with Crippen LogP contribution in [0.1, 0.15) is 66.7 Å². The van der Waals surface area contributed by atoms with E-state index in [1.807, 2.05) is 0 Å². The fraction of sp³-hybridized carbons (Fsp3) is 0.882. The first-order valence-corrected chi connectivity index (χ1v) is 8.26. The van der Waals surface area contributed by atoms with Crippen LogP contribution in [0.15, 0.2) is 0 Å². The Morgan fingerprint density at radius 2 is 1.33 bits per heavy atom. The summed E-state index contributed by atoms with van der Waals surface area (Å²) in [7, 11) is 0. The molecule has 0 spiro atoms. The van der Waals surface area contributed by atoms with E-state index in [1.54, 1.807) is 27.7 Å². The van der Waals surface area contributed by atoms with Crippen molar-refractivity contribution in [3.63, 3.8) is 0 Å². The predicted octanol–water partition coefficient (Wildman–Crippen LogP) is 3.72. The van der Waals surface area contributed by atoms with Crippen LogP contribution in [0.4, 0.5) is 0 Å². The highest BCUT2D eigenvalue weighted by molar-refractivity contribution is 5.95. The third-order valence-corrected chi connectivity index (χ3v) is 4.15. The lowest BCUT2D eigenvalue weighted by Gasteiger charge is -2.32. The van der Waals surface area contributed by atoms with Gasteiger partial charge in [0.25, 0.3) is 0 Å². The molecule has 1 rings (SSSR count). The van der Waals surface area contributed by atoms with Crippen molar-refractivity contribution in [1.29, 1.82) is 0 Å². The van der Waals surface area contributed by atoms with E-state index < -0.39 is 17.9 Å². The van der Waals surface area contributed by atoms with Crippen molar-refractivity contribution in [1.82, 2.24) is 0 Å². The Morgan fingerprint density at radius 1 is 0.905 bits per heavy atom. The summed E-state index contributed by atoms with van der Waals surface area (Å²) < 4.78 is 10.6. The Hall–Kier alpha value is -1.06. The topological polar surface area (TPSA) is 52.6 Å². The summed E-state index contributed by atoms with van der Waals surface area (Å²) in [6, 6.07) is 0. The Labute approximate surface area is 128 Å². The Bertz CT molecular complexity index is 319. The molecule has 0 aromatic heterocycles. The van der Waals surface area contributed by atoms with Gasteiger partial charge in [-0.05, 0) is 52.4 Å². The lowest BCUT2D eigenvalue weighted by atomic mass is 9.75. The second-order valence-corrected chi connectivity index (χ2v) is 6.64. The van der Waals surface area contributed by atoms with E-state index in [-0.39, 0.29) is 18.1 Å². The van der Waals surface area contributed by atoms with Crippen LogP contribution in [-0.2, 0) is 19.1 Å². The molecule has 0 heterocycles. The molecule has 0 saturated heterocycles. The van der Waals surface area contributed by atoms with E-state index in [9.17, 15) is 9.59 Å². The number of ether oxygens (including phenoxy) is 2. The zero-order chi connectivity index (χ0) is 16.0. The molecule has 1 aliphatic carbocycles. The largest absolute Gasteiger partial charge is 0.462 e. The van der Waals surface area contributed by atoms with E-state index in [4.69, 9.17) is 9.47 Å². The predicted molar refractivity (Wildman–Crippen MR) is 81.7 cm³/mol. The van der Waals surface area contributed by atoms with Gasteiger partial charge < -0.3 is 9.47 Å². The highest BCUT2D eigenvalue weighted by Crippen LogP contribution is 2.36. The van der Waals surface area contributed by atoms with Gasteiger partial charge >= 0.3 is 11.9 Å². The van der Waals surface area contributed by atoms with E-state index >= 15 is 0 Å². The molecule has 1 aliphatic rings. The molecule has 0 unspecified atom stereocenters. The van der Waals surface area contributed by atoms with Crippen LogP contribution in [0.2, 0.25) is 0 Å². The van der Waals surface area contributed by atoms with Gasteiger partial charge in [-0.3, -0.25) is 9.59 Å². The molecule has 0 N–H and O–H groups in total. The quantitative estimate of drug-likeness (QED) is 0.554. The number of hydrogen-bond donors (Lipinski definition) is 0. The minimum Gasteiger partial charge on any atom is -0.462 e. The van der Waals surface area contributed by atoms with E-state index in [0.29, 0.717) is 0 Å². The fourth-order valence-corrected chi connectivity index (χ4v) is 3.02. The number of rotatable bonds is 6. The van der Waals surface area contributed by atoms with Gasteiger partial charge in [0, 0.05) is 0 Å². The average Bonchev–Trinajstić information content (AvgIpc) is 2.38. The molecule has 0 aromatic carbocycles. The second-order valence-electron chi connectivity index (χ2n) is 6.64. The monoisotopic (exact) mass is 298 g/mol. The summed E-state index contributed by atoms with van der Waals surface area (Å²) in [5.74, 6) is -0.812. The molecule has 4 heteroatoms. The maximum absolute atomic E-state index is 12.3. The standard InChI is InChI=1S/C17H30O4/c1-6-13-7-9-14(10-8-13)15(16(18)20-11(2)3)17(19)21-12(4)5/h11-15H,6-10H2,1-5H3. The van der Waals surface area contributed by atoms with Crippen LogP contribution in [0.3, 0.4) is 0 Å². The van der Waals surface area contributed by atoms with Gasteiger partial charge in [0.2, 0.25) is 0 Å². The van der Waals surface area contributed by atoms with Crippen LogP contribution in [-0.4, -0.2) is 24.1 Å². The van der Waals surface area contributed by atoms with Crippen molar-refractivity contribution in [3.8, 4) is 0 Å². The summed E-state index contributed by atoms with van der Waals surface area (Å²) in [6.07, 6.45) is 4.73. The molecule has 21 heavy (non-hydrogen) atoms. The Balaban J connectivity index is 2.76. The molecule has 0 bridgehead atoms. The zero-order valence-electron chi connectivity index (χ0n) is 14.1. The van der Waals surface area contributed by atoms with Gasteiger partial charge in [0.15, 0.2) is 5.92 Å². The molecule has 0 radical (unpaired) electrons. The maximum Gasteiger partial charge on any atom is 0.320 e. The molecule has 1 fully saturated rings. The minimum atomic E-state index is -0.757. The van der Waals surface area contributed by atoms with Crippen molar-refractivity contribution in [3.05, 3.63) is 0 Å². The molecule has 0 atom stereocenters. The SMILES string of the molecule is CCC1CCC(C(C(=O)OC(C)C)C(=O)OC(C)C)CC1. The van der Waals surface area contributed by atoms with Crippen molar-refractivity contribution in [2.75, 3.05) is 0 Å². The summed E-state index contributed by atoms with van der Waals surface area (Å²) in [5, 5.41) is 0. The molecule has 0 amide bonds. The highest BCUT2D eigenvalue weighted by Gasteiger charge is 2.39. The zero-order valence-corrected chi connectivity index (χ0v) is 14.1. The van der Waals surface area contributed by atoms with E-state index in [0.717, 1.165) is 31.6 Å². The van der Waals surface area contributed by atoms with Gasteiger partial charge in [-0.15, -0.1) is 0 Å². The average molecular weight is 298 g/mol. The Kier molecular flexibility index (Phi) is 7.20. The molecular weight excluding hydrogens is 268 g/mol. The number of esters is 2. The molecule has 4 nitrogen and oxygen atoms in total. The van der Waals surface area contributed by atoms with E-state index in [1.165, 1.54) is 6.42 Å². The molecule has 122 valence electrons. The Morgan fingerprint density at radius 3 is 1.67 bits per heavy atom. The van der Waals surface area contributed by atoms with Crippen molar-refractivity contribution < 1.29 is 19.1 Å². The van der Waals surface area contributed by atoms with Crippen LogP contribution in [0, 0.1) is 17.8 Å². The number of carbonyl (C=O) groups is 2. The third kappa shape index (κ3) is 5.68. The summed E-state index contributed by atoms with van der Waals surface area (Å²) in [6.45, 7) is 9.41. The van der Waals surface area contributed by atoms with Crippen LogP contribution in [0.5, 0.6) is 0 Å². The summed E-state index contributed by atoms with van der Waals surface area (Å²) in [4.78, 5) is 24.6. The first-order chi connectivity index (χ1) is 9.85. The van der Waals surface area contributed by atoms with Crippen LogP contribution >= 0.6 is 0 Å². The smallest absolute Gasteiger partial charge is 0.320 e. The lowest BCUT2D eigenvalue weighted by Crippen LogP contribution is -2.38. The summed E-state index contributed by atoms with van der Waals surface area (Å²) >= 11 is 0. The third-order valence-electron chi connectivity index (χ3n) is 4.15. The van der Waals surface area contributed by atoms with E-state index in [2.05, 4.69) is 6.92 Å². The lowest BCUT2D eigenvalue weighted by molar-refractivity contribution is -0.170. The fourth-order valence-electron chi connectivity index (χ4n) is 3.02. The first kappa shape index (κ1) is 18.0. The molecular formula is C17H30O4. The normalized spacial score (nSPS) is 22.7. The number of hydrogen-bond acceptors (Lipinski definition) is 4. The van der Waals surface area contributed by atoms with Gasteiger partial charge in [-0.25, -0.2) is 0 Å². The molecule has 1 saturated carbocycles. The van der Waals surface area contributed by atoms with Gasteiger partial charge in [0.1, 0.15) is 0 Å². The van der Waals surface area contributed by atoms with Crippen molar-refractivity contribution in [2.45, 2.75) is 78.9 Å². The second kappa shape index (κ2) is 8.40. The van der Waals surface area contributed by atoms with Crippen molar-refractivity contribution >= 4 is 11.9 Å². The first-order valence-electron chi connectivity index (χ1n) is 8.26. The van der Waals surface area contributed by atoms with Gasteiger partial charge in [0.05, 0.1) is 12.2 Å². The van der Waals surface area contributed by atoms with Crippen LogP contribution in [0.25, 0.3) is 0 Å². The maximum atomic E-state index is 12.3. The van der Waals surface area contributed by atoms with Crippen molar-refractivity contribution in [2.24, 2.45) is 17.8 Å². The van der Waals surface area contributed by atoms with Gasteiger partial charge in [-0.1, -0.05) is 26.2 Å². The molecule has 0 aromatic rings.